The minimum atomic E-state index is -0.220. The van der Waals surface area contributed by atoms with Gasteiger partial charge in [0.25, 0.3) is 5.91 Å². The molecule has 0 radical (unpaired) electrons. The van der Waals surface area contributed by atoms with Crippen LogP contribution >= 0.6 is 11.6 Å². The van der Waals surface area contributed by atoms with Crippen molar-refractivity contribution < 1.29 is 9.53 Å². The van der Waals surface area contributed by atoms with Gasteiger partial charge in [0, 0.05) is 13.2 Å². The normalized spacial score (nSPS) is 19.5. The largest absolute Gasteiger partial charge is 0.397 e. The fourth-order valence-electron chi connectivity index (χ4n) is 1.94. The fraction of sp³-hybridized carbons (Fsp3) is 0.500. The molecule has 1 aromatic heterocycles. The minimum Gasteiger partial charge on any atom is -0.397 e. The predicted octanol–water partition coefficient (Wildman–Crippen LogP) is 1.47. The number of halogens is 1. The third-order valence-electron chi connectivity index (χ3n) is 2.95. The van der Waals surface area contributed by atoms with E-state index in [4.69, 9.17) is 22.1 Å². The summed E-state index contributed by atoms with van der Waals surface area (Å²) >= 11 is 5.74. The number of carbonyl (C=O) groups is 1. The highest BCUT2D eigenvalue weighted by Crippen LogP contribution is 2.16. The van der Waals surface area contributed by atoms with Crippen molar-refractivity contribution in [2.75, 3.05) is 25.5 Å². The van der Waals surface area contributed by atoms with Crippen LogP contribution in [0.4, 0.5) is 5.69 Å². The van der Waals surface area contributed by atoms with E-state index in [-0.39, 0.29) is 11.1 Å². The molecule has 1 aliphatic heterocycles. The van der Waals surface area contributed by atoms with Gasteiger partial charge in [0.15, 0.2) is 0 Å². The zero-order valence-electron chi connectivity index (χ0n) is 9.99. The Kier molecular flexibility index (Phi) is 4.38. The quantitative estimate of drug-likeness (QED) is 0.815. The maximum Gasteiger partial charge on any atom is 0.253 e. The molecule has 0 aliphatic carbocycles. The van der Waals surface area contributed by atoms with Crippen LogP contribution in [0.2, 0.25) is 5.15 Å². The Bertz CT molecular complexity index is 433. The number of nitrogen functional groups attached to an aromatic ring is 1. The Balaban J connectivity index is 1.92. The molecular formula is C12H16ClN3O2. The standard InChI is InChI=1S/C12H16ClN3O2/c13-11-4-9(10(14)6-15-11)12(17)16-5-8-2-1-3-18-7-8/h4,6,8H,1-3,5,7,14H2,(H,16,17). The van der Waals surface area contributed by atoms with Gasteiger partial charge >= 0.3 is 0 Å². The molecule has 1 atom stereocenters. The second-order valence-corrected chi connectivity index (χ2v) is 4.77. The van der Waals surface area contributed by atoms with Gasteiger partial charge in [0.05, 0.1) is 24.1 Å². The summed E-state index contributed by atoms with van der Waals surface area (Å²) < 4.78 is 5.36. The van der Waals surface area contributed by atoms with Crippen LogP contribution in [-0.2, 0) is 4.74 Å². The van der Waals surface area contributed by atoms with Gasteiger partial charge in [-0.25, -0.2) is 4.98 Å². The topological polar surface area (TPSA) is 77.2 Å². The van der Waals surface area contributed by atoms with Gasteiger partial charge in [-0.2, -0.15) is 0 Å². The SMILES string of the molecule is Nc1cnc(Cl)cc1C(=O)NCC1CCCOC1. The lowest BCUT2D eigenvalue weighted by molar-refractivity contribution is 0.0536. The Labute approximate surface area is 111 Å². The smallest absolute Gasteiger partial charge is 0.253 e. The molecule has 1 amide bonds. The van der Waals surface area contributed by atoms with E-state index < -0.39 is 0 Å². The number of carbonyl (C=O) groups excluding carboxylic acids is 1. The van der Waals surface area contributed by atoms with Crippen LogP contribution < -0.4 is 11.1 Å². The lowest BCUT2D eigenvalue weighted by Crippen LogP contribution is -2.33. The van der Waals surface area contributed by atoms with Crippen molar-refractivity contribution in [3.63, 3.8) is 0 Å². The maximum absolute atomic E-state index is 11.9. The number of nitrogens with one attached hydrogen (secondary N) is 1. The van der Waals surface area contributed by atoms with Crippen LogP contribution in [0.25, 0.3) is 0 Å². The minimum absolute atomic E-state index is 0.220. The van der Waals surface area contributed by atoms with E-state index in [1.165, 1.54) is 12.3 Å². The van der Waals surface area contributed by atoms with Crippen LogP contribution in [0.3, 0.4) is 0 Å². The molecule has 1 fully saturated rings. The molecule has 5 nitrogen and oxygen atoms in total. The molecule has 18 heavy (non-hydrogen) atoms. The summed E-state index contributed by atoms with van der Waals surface area (Å²) in [5, 5.41) is 3.11. The number of nitrogens with zero attached hydrogens (tertiary/aromatic N) is 1. The summed E-state index contributed by atoms with van der Waals surface area (Å²) in [5.41, 5.74) is 6.39. The first-order valence-corrected chi connectivity index (χ1v) is 6.31. The average Bonchev–Trinajstić information content (AvgIpc) is 2.40. The molecule has 1 aromatic rings. The van der Waals surface area contributed by atoms with Crippen LogP contribution in [-0.4, -0.2) is 30.6 Å². The van der Waals surface area contributed by atoms with Crippen LogP contribution in [0.5, 0.6) is 0 Å². The van der Waals surface area contributed by atoms with E-state index in [2.05, 4.69) is 10.3 Å². The molecule has 2 heterocycles. The van der Waals surface area contributed by atoms with E-state index >= 15 is 0 Å². The number of pyridine rings is 1. The highest BCUT2D eigenvalue weighted by atomic mass is 35.5. The summed E-state index contributed by atoms with van der Waals surface area (Å²) in [6.45, 7) is 2.11. The Morgan fingerprint density at radius 1 is 1.67 bits per heavy atom. The first-order chi connectivity index (χ1) is 8.66. The molecule has 1 aliphatic rings. The van der Waals surface area contributed by atoms with E-state index in [1.54, 1.807) is 0 Å². The first-order valence-electron chi connectivity index (χ1n) is 5.94. The van der Waals surface area contributed by atoms with Gasteiger partial charge in [-0.15, -0.1) is 0 Å². The second-order valence-electron chi connectivity index (χ2n) is 4.39. The number of aromatic nitrogens is 1. The van der Waals surface area contributed by atoms with Crippen molar-refractivity contribution in [1.29, 1.82) is 0 Å². The summed E-state index contributed by atoms with van der Waals surface area (Å²) in [7, 11) is 0. The van der Waals surface area contributed by atoms with Crippen LogP contribution in [0.1, 0.15) is 23.2 Å². The molecule has 98 valence electrons. The summed E-state index contributed by atoms with van der Waals surface area (Å²) in [6.07, 6.45) is 3.51. The number of ether oxygens (including phenoxy) is 1. The molecule has 1 unspecified atom stereocenters. The predicted molar refractivity (Wildman–Crippen MR) is 69.5 cm³/mol. The zero-order chi connectivity index (χ0) is 13.0. The van der Waals surface area contributed by atoms with Gasteiger partial charge in [-0.05, 0) is 24.8 Å². The number of nitrogens with two attached hydrogens (primary N) is 1. The van der Waals surface area contributed by atoms with E-state index in [0.29, 0.717) is 30.3 Å². The van der Waals surface area contributed by atoms with Crippen molar-refractivity contribution in [3.05, 3.63) is 23.0 Å². The number of amides is 1. The summed E-state index contributed by atoms with van der Waals surface area (Å²) in [6, 6.07) is 1.48. The van der Waals surface area contributed by atoms with Crippen molar-refractivity contribution in [1.82, 2.24) is 10.3 Å². The van der Waals surface area contributed by atoms with Gasteiger partial charge in [0.1, 0.15) is 5.15 Å². The third kappa shape index (κ3) is 3.34. The van der Waals surface area contributed by atoms with Gasteiger partial charge < -0.3 is 15.8 Å². The number of hydrogen-bond donors (Lipinski definition) is 2. The molecule has 0 bridgehead atoms. The monoisotopic (exact) mass is 269 g/mol. The van der Waals surface area contributed by atoms with Crippen LogP contribution in [0, 0.1) is 5.92 Å². The molecule has 3 N–H and O–H groups in total. The molecule has 0 spiro atoms. The first kappa shape index (κ1) is 13.1. The average molecular weight is 270 g/mol. The zero-order valence-corrected chi connectivity index (χ0v) is 10.7. The van der Waals surface area contributed by atoms with Gasteiger partial charge in [0.2, 0.25) is 0 Å². The molecule has 2 rings (SSSR count). The van der Waals surface area contributed by atoms with Crippen molar-refractivity contribution in [3.8, 4) is 0 Å². The third-order valence-corrected chi connectivity index (χ3v) is 3.16. The molecule has 6 heteroatoms. The maximum atomic E-state index is 11.9. The highest BCUT2D eigenvalue weighted by molar-refractivity contribution is 6.29. The summed E-state index contributed by atoms with van der Waals surface area (Å²) in [4.78, 5) is 15.8. The van der Waals surface area contributed by atoms with E-state index in [1.807, 2.05) is 0 Å². The van der Waals surface area contributed by atoms with Crippen LogP contribution in [0.15, 0.2) is 12.3 Å². The molecular weight excluding hydrogens is 254 g/mol. The molecule has 0 saturated carbocycles. The van der Waals surface area contributed by atoms with Crippen molar-refractivity contribution in [2.45, 2.75) is 12.8 Å². The Morgan fingerprint density at radius 2 is 2.50 bits per heavy atom. The number of rotatable bonds is 3. The summed E-state index contributed by atoms with van der Waals surface area (Å²) in [5.74, 6) is 0.156. The number of anilines is 1. The molecule has 1 saturated heterocycles. The fourth-order valence-corrected chi connectivity index (χ4v) is 2.10. The highest BCUT2D eigenvalue weighted by Gasteiger charge is 2.16. The van der Waals surface area contributed by atoms with Gasteiger partial charge in [-0.3, -0.25) is 4.79 Å². The second kappa shape index (κ2) is 6.02. The van der Waals surface area contributed by atoms with Gasteiger partial charge in [-0.1, -0.05) is 11.6 Å². The Hall–Kier alpha value is -1.33. The molecule has 0 aromatic carbocycles. The Morgan fingerprint density at radius 3 is 3.22 bits per heavy atom. The lowest BCUT2D eigenvalue weighted by Gasteiger charge is -2.22. The lowest BCUT2D eigenvalue weighted by atomic mass is 10.0. The van der Waals surface area contributed by atoms with Crippen molar-refractivity contribution >= 4 is 23.2 Å². The van der Waals surface area contributed by atoms with Crippen molar-refractivity contribution in [2.24, 2.45) is 5.92 Å². The van der Waals surface area contributed by atoms with E-state index in [9.17, 15) is 4.79 Å². The van der Waals surface area contributed by atoms with E-state index in [0.717, 1.165) is 19.4 Å². The number of hydrogen-bond acceptors (Lipinski definition) is 4.